The fourth-order valence-corrected chi connectivity index (χ4v) is 4.98. The molecule has 0 spiro atoms. The van der Waals surface area contributed by atoms with Crippen LogP contribution in [-0.2, 0) is 4.74 Å². The first-order valence-electron chi connectivity index (χ1n) is 9.88. The number of carbonyl (C=O) groups is 1. The zero-order valence-corrected chi connectivity index (χ0v) is 16.3. The van der Waals surface area contributed by atoms with Crippen LogP contribution in [0.5, 0.6) is 0 Å². The lowest BCUT2D eigenvalue weighted by molar-refractivity contribution is -0.0514. The smallest absolute Gasteiger partial charge is 0.410 e. The third-order valence-corrected chi connectivity index (χ3v) is 6.09. The highest BCUT2D eigenvalue weighted by molar-refractivity contribution is 5.69. The van der Waals surface area contributed by atoms with Crippen molar-refractivity contribution in [2.45, 2.75) is 104 Å². The molecule has 3 atom stereocenters. The fourth-order valence-electron chi connectivity index (χ4n) is 4.98. The van der Waals surface area contributed by atoms with Crippen LogP contribution < -0.4 is 0 Å². The molecule has 2 bridgehead atoms. The zero-order valence-electron chi connectivity index (χ0n) is 16.3. The van der Waals surface area contributed by atoms with Crippen LogP contribution in [0.1, 0.15) is 86.0 Å². The second-order valence-electron chi connectivity index (χ2n) is 8.95. The third kappa shape index (κ3) is 4.07. The van der Waals surface area contributed by atoms with E-state index in [1.54, 1.807) is 0 Å². The molecule has 4 nitrogen and oxygen atoms in total. The van der Waals surface area contributed by atoms with Gasteiger partial charge in [-0.15, -0.1) is 0 Å². The number of carbonyl (C=O) groups excluding carboxylic acids is 1. The predicted octanol–water partition coefficient (Wildman–Crippen LogP) is 4.74. The maximum atomic E-state index is 12.6. The Morgan fingerprint density at radius 1 is 1.25 bits per heavy atom. The topological polar surface area (TPSA) is 49.8 Å². The molecule has 0 aromatic carbocycles. The number of amides is 1. The van der Waals surface area contributed by atoms with E-state index in [4.69, 9.17) is 4.74 Å². The summed E-state index contributed by atoms with van der Waals surface area (Å²) in [5.41, 5.74) is -0.455. The first-order chi connectivity index (χ1) is 11.3. The monoisotopic (exact) mass is 339 g/mol. The summed E-state index contributed by atoms with van der Waals surface area (Å²) in [7, 11) is 0. The molecule has 24 heavy (non-hydrogen) atoms. The minimum Gasteiger partial charge on any atom is -0.444 e. The minimum absolute atomic E-state index is 0.00569. The average Bonchev–Trinajstić information content (AvgIpc) is 2.78. The zero-order chi connectivity index (χ0) is 18.0. The lowest BCUT2D eigenvalue weighted by Crippen LogP contribution is -2.54. The Kier molecular flexibility index (Phi) is 6.22. The van der Waals surface area contributed by atoms with Crippen LogP contribution in [0.4, 0.5) is 4.79 Å². The van der Waals surface area contributed by atoms with Gasteiger partial charge in [0, 0.05) is 24.1 Å². The van der Waals surface area contributed by atoms with Crippen LogP contribution in [0.25, 0.3) is 0 Å². The van der Waals surface area contributed by atoms with Gasteiger partial charge in [0.25, 0.3) is 0 Å². The molecular formula is C20H37NO3. The van der Waals surface area contributed by atoms with Gasteiger partial charge in [-0.3, -0.25) is 0 Å². The van der Waals surface area contributed by atoms with Gasteiger partial charge in [-0.25, -0.2) is 4.79 Å². The summed E-state index contributed by atoms with van der Waals surface area (Å²) in [4.78, 5) is 14.6. The molecule has 2 saturated heterocycles. The van der Waals surface area contributed by atoms with E-state index in [-0.39, 0.29) is 30.2 Å². The summed E-state index contributed by atoms with van der Waals surface area (Å²) in [6.45, 7) is 10.5. The third-order valence-electron chi connectivity index (χ3n) is 6.09. The van der Waals surface area contributed by atoms with E-state index in [1.807, 2.05) is 25.7 Å². The van der Waals surface area contributed by atoms with Gasteiger partial charge in [-0.05, 0) is 58.8 Å². The second-order valence-corrected chi connectivity index (χ2v) is 8.95. The van der Waals surface area contributed by atoms with Gasteiger partial charge in [-0.1, -0.05) is 33.1 Å². The fraction of sp³-hybridized carbons (Fsp3) is 0.950. The first kappa shape index (κ1) is 19.6. The first-order valence-corrected chi connectivity index (χ1v) is 9.88. The number of ether oxygens (including phenoxy) is 1. The van der Waals surface area contributed by atoms with Crippen molar-refractivity contribution in [1.82, 2.24) is 4.90 Å². The summed E-state index contributed by atoms with van der Waals surface area (Å²) in [5.74, 6) is 0.561. The standard InChI is InChI=1S/C20H37NO3/c1-6-8-9-15(7-2)20(14-22)12-16-10-11-17(13-20)21(16)18(23)24-19(3,4)5/h15-17,22H,6-14H2,1-5H3. The van der Waals surface area contributed by atoms with Crippen molar-refractivity contribution in [3.63, 3.8) is 0 Å². The normalized spacial score (nSPS) is 31.2. The Bertz CT molecular complexity index is 415. The Labute approximate surface area is 147 Å². The van der Waals surface area contributed by atoms with Gasteiger partial charge in [0.1, 0.15) is 5.60 Å². The van der Waals surface area contributed by atoms with Crippen LogP contribution in [0.15, 0.2) is 0 Å². The van der Waals surface area contributed by atoms with E-state index in [0.29, 0.717) is 5.92 Å². The van der Waals surface area contributed by atoms with Crippen molar-refractivity contribution in [3.05, 3.63) is 0 Å². The molecule has 140 valence electrons. The second kappa shape index (κ2) is 7.63. The van der Waals surface area contributed by atoms with Gasteiger partial charge in [0.2, 0.25) is 0 Å². The van der Waals surface area contributed by atoms with Gasteiger partial charge >= 0.3 is 6.09 Å². The van der Waals surface area contributed by atoms with Crippen molar-refractivity contribution < 1.29 is 14.6 Å². The number of nitrogens with zero attached hydrogens (tertiary/aromatic N) is 1. The minimum atomic E-state index is -0.449. The summed E-state index contributed by atoms with van der Waals surface area (Å²) in [5, 5.41) is 10.3. The van der Waals surface area contributed by atoms with E-state index in [9.17, 15) is 9.90 Å². The van der Waals surface area contributed by atoms with Crippen molar-refractivity contribution in [3.8, 4) is 0 Å². The number of aliphatic hydroxyl groups excluding tert-OH is 1. The molecule has 2 rings (SSSR count). The molecule has 0 aromatic heterocycles. The molecule has 0 aromatic rings. The van der Waals surface area contributed by atoms with Crippen molar-refractivity contribution in [2.75, 3.05) is 6.61 Å². The van der Waals surface area contributed by atoms with Crippen LogP contribution >= 0.6 is 0 Å². The van der Waals surface area contributed by atoms with E-state index < -0.39 is 5.60 Å². The molecule has 2 aliphatic heterocycles. The Morgan fingerprint density at radius 2 is 1.83 bits per heavy atom. The molecule has 0 aliphatic carbocycles. The lowest BCUT2D eigenvalue weighted by Gasteiger charge is -2.49. The molecule has 1 N–H and O–H groups in total. The Balaban J connectivity index is 2.13. The Morgan fingerprint density at radius 3 is 2.25 bits per heavy atom. The number of fused-ring (bicyclic) bond motifs is 2. The highest BCUT2D eigenvalue weighted by Gasteiger charge is 2.52. The quantitative estimate of drug-likeness (QED) is 0.760. The number of piperidine rings is 1. The highest BCUT2D eigenvalue weighted by Crippen LogP contribution is 2.51. The molecule has 3 unspecified atom stereocenters. The molecule has 0 radical (unpaired) electrons. The molecule has 0 saturated carbocycles. The van der Waals surface area contributed by atoms with E-state index in [0.717, 1.165) is 32.1 Å². The summed E-state index contributed by atoms with van der Waals surface area (Å²) < 4.78 is 5.64. The number of hydrogen-bond donors (Lipinski definition) is 1. The van der Waals surface area contributed by atoms with Crippen LogP contribution in [0.3, 0.4) is 0 Å². The maximum absolute atomic E-state index is 12.6. The lowest BCUT2D eigenvalue weighted by atomic mass is 9.64. The molecule has 1 amide bonds. The molecule has 2 aliphatic rings. The van der Waals surface area contributed by atoms with Crippen molar-refractivity contribution in [1.29, 1.82) is 0 Å². The van der Waals surface area contributed by atoms with Gasteiger partial charge in [0.15, 0.2) is 0 Å². The van der Waals surface area contributed by atoms with Gasteiger partial charge in [0.05, 0.1) is 0 Å². The molecule has 4 heteroatoms. The largest absolute Gasteiger partial charge is 0.444 e. The number of hydrogen-bond acceptors (Lipinski definition) is 3. The van der Waals surface area contributed by atoms with E-state index in [1.165, 1.54) is 19.3 Å². The van der Waals surface area contributed by atoms with E-state index >= 15 is 0 Å². The van der Waals surface area contributed by atoms with Gasteiger partial charge < -0.3 is 14.7 Å². The summed E-state index contributed by atoms with van der Waals surface area (Å²) >= 11 is 0. The van der Waals surface area contributed by atoms with Crippen LogP contribution in [0, 0.1) is 11.3 Å². The maximum Gasteiger partial charge on any atom is 0.410 e. The molecule has 2 heterocycles. The van der Waals surface area contributed by atoms with Crippen LogP contribution in [0.2, 0.25) is 0 Å². The van der Waals surface area contributed by atoms with Gasteiger partial charge in [-0.2, -0.15) is 0 Å². The number of unbranched alkanes of at least 4 members (excludes halogenated alkanes) is 1. The molecular weight excluding hydrogens is 302 g/mol. The predicted molar refractivity (Wildman–Crippen MR) is 96.9 cm³/mol. The van der Waals surface area contributed by atoms with E-state index in [2.05, 4.69) is 13.8 Å². The van der Waals surface area contributed by atoms with Crippen molar-refractivity contribution >= 4 is 6.09 Å². The van der Waals surface area contributed by atoms with Crippen LogP contribution in [-0.4, -0.2) is 40.4 Å². The summed E-state index contributed by atoms with van der Waals surface area (Å²) in [6.07, 6.45) is 8.55. The average molecular weight is 340 g/mol. The van der Waals surface area contributed by atoms with Crippen molar-refractivity contribution in [2.24, 2.45) is 11.3 Å². The molecule has 2 fully saturated rings. The Hall–Kier alpha value is -0.770. The number of aliphatic hydroxyl groups is 1. The number of rotatable bonds is 6. The summed E-state index contributed by atoms with van der Waals surface area (Å²) in [6, 6.07) is 0.475. The SMILES string of the molecule is CCCCC(CC)C1(CO)CC2CCC(C1)N2C(=O)OC(C)(C)C. The highest BCUT2D eigenvalue weighted by atomic mass is 16.6.